The van der Waals surface area contributed by atoms with Crippen molar-refractivity contribution in [1.82, 2.24) is 15.0 Å². The zero-order valence-corrected chi connectivity index (χ0v) is 29.9. The van der Waals surface area contributed by atoms with Crippen molar-refractivity contribution in [2.75, 3.05) is 0 Å². The number of para-hydroxylation sites is 3. The second-order valence-electron chi connectivity index (χ2n) is 13.4. The predicted octanol–water partition coefficient (Wildman–Crippen LogP) is 13.2. The molecule has 0 radical (unpaired) electrons. The van der Waals surface area contributed by atoms with Crippen molar-refractivity contribution in [3.63, 3.8) is 0 Å². The van der Waals surface area contributed by atoms with Crippen molar-refractivity contribution in [2.24, 2.45) is 0 Å². The molecule has 254 valence electrons. The Morgan fingerprint density at radius 2 is 0.907 bits per heavy atom. The Morgan fingerprint density at radius 3 is 1.63 bits per heavy atom. The largest absolute Gasteiger partial charge is 0.455 e. The van der Waals surface area contributed by atoms with Gasteiger partial charge in [0.25, 0.3) is 0 Å². The van der Waals surface area contributed by atoms with E-state index in [9.17, 15) is 0 Å². The van der Waals surface area contributed by atoms with Crippen LogP contribution < -0.4 is 0 Å². The summed E-state index contributed by atoms with van der Waals surface area (Å²) in [6, 6.07) is 62.5. The topological polar surface area (TPSA) is 51.8 Å². The van der Waals surface area contributed by atoms with Gasteiger partial charge >= 0.3 is 0 Å². The van der Waals surface area contributed by atoms with Crippen molar-refractivity contribution >= 4 is 45.5 Å². The van der Waals surface area contributed by atoms with Crippen LogP contribution in [-0.2, 0) is 0 Å². The highest BCUT2D eigenvalue weighted by Gasteiger charge is 2.17. The summed E-state index contributed by atoms with van der Waals surface area (Å²) < 4.78 is 6.39. The van der Waals surface area contributed by atoms with Crippen LogP contribution >= 0.6 is 12.6 Å². The third-order valence-electron chi connectivity index (χ3n) is 10.0. The summed E-state index contributed by atoms with van der Waals surface area (Å²) in [5.74, 6) is 0.624. The van der Waals surface area contributed by atoms with Gasteiger partial charge in [-0.15, -0.1) is 12.6 Å². The smallest absolute Gasteiger partial charge is 0.164 e. The van der Waals surface area contributed by atoms with E-state index >= 15 is 0 Å². The van der Waals surface area contributed by atoms with Crippen LogP contribution in [0, 0.1) is 0 Å². The summed E-state index contributed by atoms with van der Waals surface area (Å²) in [7, 11) is 0. The minimum Gasteiger partial charge on any atom is -0.455 e. The molecule has 0 saturated carbocycles. The lowest BCUT2D eigenvalue weighted by Crippen LogP contribution is -1.96. The van der Waals surface area contributed by atoms with Crippen LogP contribution in [0.1, 0.15) is 0 Å². The number of thiol groups is 1. The van der Waals surface area contributed by atoms with E-state index in [4.69, 9.17) is 32.0 Å². The first-order chi connectivity index (χ1) is 26.7. The molecule has 0 saturated heterocycles. The molecule has 7 aromatic carbocycles. The number of nitrogens with zero attached hydrogens (tertiary/aromatic N) is 3. The van der Waals surface area contributed by atoms with E-state index in [1.165, 1.54) is 0 Å². The number of benzene rings is 7. The maximum Gasteiger partial charge on any atom is 0.164 e. The second-order valence-corrected chi connectivity index (χ2v) is 13.8. The summed E-state index contributed by atoms with van der Waals surface area (Å²) in [5, 5.41) is 3.24. The van der Waals surface area contributed by atoms with Gasteiger partial charge in [0.15, 0.2) is 5.82 Å². The zero-order chi connectivity index (χ0) is 36.0. The third kappa shape index (κ3) is 5.72. The summed E-state index contributed by atoms with van der Waals surface area (Å²) in [6.07, 6.45) is 0. The molecule has 10 aromatic rings. The molecule has 0 unspecified atom stereocenters. The number of aromatic nitrogens is 3. The average Bonchev–Trinajstić information content (AvgIpc) is 3.63. The van der Waals surface area contributed by atoms with Gasteiger partial charge in [0, 0.05) is 37.7 Å². The maximum absolute atomic E-state index is 6.39. The Hall–Kier alpha value is -6.82. The van der Waals surface area contributed by atoms with Crippen LogP contribution in [0.3, 0.4) is 0 Å². The van der Waals surface area contributed by atoms with E-state index in [1.807, 2.05) is 66.7 Å². The van der Waals surface area contributed by atoms with Crippen LogP contribution in [0.25, 0.3) is 100 Å². The Balaban J connectivity index is 1.01. The fourth-order valence-corrected chi connectivity index (χ4v) is 7.59. The molecule has 5 heteroatoms. The maximum atomic E-state index is 6.39. The van der Waals surface area contributed by atoms with E-state index in [2.05, 4.69) is 115 Å². The monoisotopic (exact) mass is 709 g/mol. The minimum absolute atomic E-state index is 0.624. The number of hydrogen-bond acceptors (Lipinski definition) is 5. The predicted molar refractivity (Wildman–Crippen MR) is 224 cm³/mol. The number of rotatable bonds is 6. The van der Waals surface area contributed by atoms with Gasteiger partial charge in [-0.3, -0.25) is 0 Å². The van der Waals surface area contributed by atoms with E-state index in [1.54, 1.807) is 0 Å². The van der Waals surface area contributed by atoms with Gasteiger partial charge in [0.2, 0.25) is 0 Å². The molecule has 0 aliphatic carbocycles. The number of fused-ring (bicyclic) bond motifs is 4. The molecule has 10 rings (SSSR count). The van der Waals surface area contributed by atoms with Crippen LogP contribution in [0.5, 0.6) is 0 Å². The van der Waals surface area contributed by atoms with Gasteiger partial charge in [-0.2, -0.15) is 0 Å². The third-order valence-corrected chi connectivity index (χ3v) is 10.4. The van der Waals surface area contributed by atoms with Gasteiger partial charge in [-0.25, -0.2) is 15.0 Å². The van der Waals surface area contributed by atoms with Crippen molar-refractivity contribution in [3.8, 4) is 67.4 Å². The van der Waals surface area contributed by atoms with Gasteiger partial charge in [0.1, 0.15) is 11.2 Å². The Kier molecular flexibility index (Phi) is 7.85. The molecular formula is C49H31N3OS. The zero-order valence-electron chi connectivity index (χ0n) is 29.0. The van der Waals surface area contributed by atoms with Gasteiger partial charge < -0.3 is 4.42 Å². The van der Waals surface area contributed by atoms with Crippen LogP contribution in [0.4, 0.5) is 0 Å². The van der Waals surface area contributed by atoms with Crippen molar-refractivity contribution in [2.45, 2.75) is 4.90 Å². The molecule has 3 aromatic heterocycles. The molecule has 0 atom stereocenters. The second kappa shape index (κ2) is 13.3. The van der Waals surface area contributed by atoms with Gasteiger partial charge in [-0.05, 0) is 58.7 Å². The Labute approximate surface area is 317 Å². The van der Waals surface area contributed by atoms with Gasteiger partial charge in [0.05, 0.1) is 28.2 Å². The standard InChI is InChI=1S/C49H31N3OS/c54-47-20-9-6-15-38(47)41-29-43(50-42-18-7-4-13-36(41)42)34-25-21-31(22-26-34)32-23-27-35(28-24-32)45-30-44(33-11-2-1-3-12-33)51-49(52-45)40-17-10-16-39-37-14-5-8-19-46(37)53-48(39)40/h1-30,54H. The molecule has 54 heavy (non-hydrogen) atoms. The van der Waals surface area contributed by atoms with Crippen LogP contribution in [0.2, 0.25) is 0 Å². The number of hydrogen-bond donors (Lipinski definition) is 1. The van der Waals surface area contributed by atoms with E-state index in [-0.39, 0.29) is 0 Å². The quantitative estimate of drug-likeness (QED) is 0.175. The molecule has 4 nitrogen and oxygen atoms in total. The molecule has 0 aliphatic heterocycles. The number of pyridine rings is 1. The molecule has 0 fully saturated rings. The van der Waals surface area contributed by atoms with Crippen molar-refractivity contribution < 1.29 is 4.42 Å². The SMILES string of the molecule is Sc1ccccc1-c1cc(-c2ccc(-c3ccc(-c4cc(-c5ccccc5)nc(-c5cccc6c5oc5ccccc56)n4)cc3)cc2)nc2ccccc12. The fraction of sp³-hybridized carbons (Fsp3) is 0. The average molecular weight is 710 g/mol. The number of furan rings is 1. The highest BCUT2D eigenvalue weighted by molar-refractivity contribution is 7.80. The summed E-state index contributed by atoms with van der Waals surface area (Å²) in [4.78, 5) is 16.2. The lowest BCUT2D eigenvalue weighted by molar-refractivity contribution is 0.669. The first kappa shape index (κ1) is 31.9. The lowest BCUT2D eigenvalue weighted by Gasteiger charge is -2.12. The van der Waals surface area contributed by atoms with Crippen molar-refractivity contribution in [1.29, 1.82) is 0 Å². The van der Waals surface area contributed by atoms with Gasteiger partial charge in [-0.1, -0.05) is 146 Å². The normalized spacial score (nSPS) is 11.4. The van der Waals surface area contributed by atoms with E-state index in [0.717, 1.165) is 99.3 Å². The first-order valence-corrected chi connectivity index (χ1v) is 18.4. The molecule has 3 heterocycles. The van der Waals surface area contributed by atoms with Crippen LogP contribution in [-0.4, -0.2) is 15.0 Å². The molecule has 0 spiro atoms. The lowest BCUT2D eigenvalue weighted by atomic mass is 9.97. The highest BCUT2D eigenvalue weighted by Crippen LogP contribution is 2.38. The van der Waals surface area contributed by atoms with Crippen molar-refractivity contribution in [3.05, 3.63) is 182 Å². The molecule has 0 N–H and O–H groups in total. The summed E-state index contributed by atoms with van der Waals surface area (Å²) >= 11 is 4.77. The summed E-state index contributed by atoms with van der Waals surface area (Å²) in [5.41, 5.74) is 13.6. The minimum atomic E-state index is 0.624. The van der Waals surface area contributed by atoms with Crippen LogP contribution in [0.15, 0.2) is 191 Å². The molecular weight excluding hydrogens is 679 g/mol. The Morgan fingerprint density at radius 1 is 0.370 bits per heavy atom. The highest BCUT2D eigenvalue weighted by atomic mass is 32.1. The summed E-state index contributed by atoms with van der Waals surface area (Å²) in [6.45, 7) is 0. The molecule has 0 amide bonds. The Bertz CT molecular complexity index is 2990. The fourth-order valence-electron chi connectivity index (χ4n) is 7.31. The molecule has 0 bridgehead atoms. The first-order valence-electron chi connectivity index (χ1n) is 17.9. The molecule has 0 aliphatic rings. The van der Waals surface area contributed by atoms with E-state index in [0.29, 0.717) is 5.82 Å². The van der Waals surface area contributed by atoms with E-state index < -0.39 is 0 Å².